The van der Waals surface area contributed by atoms with Crippen LogP contribution in [0, 0.1) is 5.92 Å². The molecule has 3 aromatic rings. The smallest absolute Gasteiger partial charge is 0.257 e. The molecule has 1 atom stereocenters. The number of amides is 3. The van der Waals surface area contributed by atoms with E-state index >= 15 is 0 Å². The number of piperidine rings is 1. The molecule has 3 amide bonds. The van der Waals surface area contributed by atoms with Gasteiger partial charge in [-0.25, -0.2) is 4.98 Å². The normalized spacial score (nSPS) is 16.1. The van der Waals surface area contributed by atoms with Crippen LogP contribution in [0.15, 0.2) is 60.0 Å². The first-order chi connectivity index (χ1) is 16.5. The molecule has 0 radical (unpaired) electrons. The number of hydrogen-bond acceptors (Lipinski definition) is 6. The molecule has 2 heterocycles. The van der Waals surface area contributed by atoms with Crippen LogP contribution in [0.5, 0.6) is 0 Å². The van der Waals surface area contributed by atoms with Crippen molar-refractivity contribution in [3.63, 3.8) is 0 Å². The minimum absolute atomic E-state index is 0.0967. The molecule has 2 aromatic carbocycles. The van der Waals surface area contributed by atoms with Crippen molar-refractivity contribution in [2.45, 2.75) is 25.8 Å². The van der Waals surface area contributed by atoms with Gasteiger partial charge in [-0.15, -0.1) is 11.3 Å². The second-order valence-electron chi connectivity index (χ2n) is 8.32. The van der Waals surface area contributed by atoms with Gasteiger partial charge >= 0.3 is 0 Å². The largest absolute Gasteiger partial charge is 0.369 e. The van der Waals surface area contributed by atoms with Gasteiger partial charge in [0.25, 0.3) is 5.91 Å². The Balaban J connectivity index is 1.34. The van der Waals surface area contributed by atoms with E-state index in [1.807, 2.05) is 30.3 Å². The van der Waals surface area contributed by atoms with Crippen molar-refractivity contribution < 1.29 is 14.4 Å². The lowest BCUT2D eigenvalue weighted by molar-refractivity contribution is -0.123. The van der Waals surface area contributed by atoms with Crippen molar-refractivity contribution in [3.8, 4) is 0 Å². The Morgan fingerprint density at radius 1 is 1.06 bits per heavy atom. The number of nitrogens with zero attached hydrogens (tertiary/aromatic N) is 2. The lowest BCUT2D eigenvalue weighted by atomic mass is 9.97. The SMILES string of the molecule is NC(=O)C1CCCN(Cc2ccccc2NC(=O)Cc2csc(NC(=O)c3ccccc3)n2)C1. The Morgan fingerprint density at radius 2 is 1.82 bits per heavy atom. The van der Waals surface area contributed by atoms with Gasteiger partial charge in [0.15, 0.2) is 5.13 Å². The summed E-state index contributed by atoms with van der Waals surface area (Å²) in [6.07, 6.45) is 1.85. The van der Waals surface area contributed by atoms with E-state index in [0.29, 0.717) is 29.5 Å². The number of nitrogens with two attached hydrogens (primary N) is 1. The van der Waals surface area contributed by atoms with E-state index in [0.717, 1.165) is 30.6 Å². The second kappa shape index (κ2) is 11.0. The average molecular weight is 478 g/mol. The van der Waals surface area contributed by atoms with Crippen LogP contribution in [0.3, 0.4) is 0 Å². The van der Waals surface area contributed by atoms with Gasteiger partial charge in [0.05, 0.1) is 18.0 Å². The molecule has 0 bridgehead atoms. The van der Waals surface area contributed by atoms with E-state index in [2.05, 4.69) is 20.5 Å². The van der Waals surface area contributed by atoms with Crippen LogP contribution in [0.4, 0.5) is 10.8 Å². The number of carbonyl (C=O) groups excluding carboxylic acids is 3. The summed E-state index contributed by atoms with van der Waals surface area (Å²) in [6, 6.07) is 16.6. The number of carbonyl (C=O) groups is 3. The van der Waals surface area contributed by atoms with Crippen LogP contribution in [-0.4, -0.2) is 40.7 Å². The Labute approximate surface area is 202 Å². The van der Waals surface area contributed by atoms with Gasteiger partial charge in [0.2, 0.25) is 11.8 Å². The lowest BCUT2D eigenvalue weighted by Gasteiger charge is -2.31. The molecular formula is C25H27N5O3S. The van der Waals surface area contributed by atoms with Gasteiger partial charge in [-0.3, -0.25) is 24.6 Å². The number of para-hydroxylation sites is 1. The van der Waals surface area contributed by atoms with E-state index in [1.54, 1.807) is 29.6 Å². The van der Waals surface area contributed by atoms with E-state index in [-0.39, 0.29) is 30.1 Å². The maximum absolute atomic E-state index is 12.7. The fraction of sp³-hybridized carbons (Fsp3) is 0.280. The van der Waals surface area contributed by atoms with Crippen LogP contribution in [0.1, 0.15) is 34.5 Å². The molecule has 8 nitrogen and oxygen atoms in total. The summed E-state index contributed by atoms with van der Waals surface area (Å²) in [7, 11) is 0. The molecular weight excluding hydrogens is 450 g/mol. The fourth-order valence-electron chi connectivity index (χ4n) is 4.02. The molecule has 34 heavy (non-hydrogen) atoms. The molecule has 1 saturated heterocycles. The Morgan fingerprint density at radius 3 is 2.62 bits per heavy atom. The number of nitrogens with one attached hydrogen (secondary N) is 2. The first kappa shape index (κ1) is 23.6. The summed E-state index contributed by atoms with van der Waals surface area (Å²) in [5.74, 6) is -0.811. The van der Waals surface area contributed by atoms with Gasteiger partial charge in [-0.2, -0.15) is 0 Å². The van der Waals surface area contributed by atoms with Gasteiger partial charge in [-0.1, -0.05) is 36.4 Å². The van der Waals surface area contributed by atoms with E-state index in [4.69, 9.17) is 5.73 Å². The molecule has 0 saturated carbocycles. The zero-order valence-corrected chi connectivity index (χ0v) is 19.5. The second-order valence-corrected chi connectivity index (χ2v) is 9.18. The Bertz CT molecular complexity index is 1160. The molecule has 4 rings (SSSR count). The predicted octanol–water partition coefficient (Wildman–Crippen LogP) is 3.27. The standard InChI is InChI=1S/C25H27N5O3S/c26-23(32)19-10-6-12-30(15-19)14-18-9-4-5-11-21(18)28-22(31)13-20-16-34-25(27-20)29-24(33)17-7-2-1-3-8-17/h1-5,7-9,11,16,19H,6,10,12-15H2,(H2,26,32)(H,28,31)(H,27,29,33). The number of primary amides is 1. The highest BCUT2D eigenvalue weighted by atomic mass is 32.1. The van der Waals surface area contributed by atoms with Crippen LogP contribution >= 0.6 is 11.3 Å². The Hall–Kier alpha value is -3.56. The number of rotatable bonds is 8. The topological polar surface area (TPSA) is 117 Å². The van der Waals surface area contributed by atoms with Crippen LogP contribution in [0.2, 0.25) is 0 Å². The van der Waals surface area contributed by atoms with Crippen LogP contribution in [0.25, 0.3) is 0 Å². The van der Waals surface area contributed by atoms with Crippen molar-refractivity contribution in [3.05, 3.63) is 76.8 Å². The summed E-state index contributed by atoms with van der Waals surface area (Å²) in [4.78, 5) is 43.2. The molecule has 1 unspecified atom stereocenters. The third-order valence-corrected chi connectivity index (χ3v) is 6.55. The monoisotopic (exact) mass is 477 g/mol. The molecule has 1 aromatic heterocycles. The molecule has 1 aliphatic rings. The molecule has 0 spiro atoms. The zero-order chi connectivity index (χ0) is 23.9. The summed E-state index contributed by atoms with van der Waals surface area (Å²) >= 11 is 1.28. The number of benzene rings is 2. The van der Waals surface area contributed by atoms with Crippen molar-refractivity contribution in [2.24, 2.45) is 11.7 Å². The number of aromatic nitrogens is 1. The molecule has 1 fully saturated rings. The van der Waals surface area contributed by atoms with Gasteiger partial charge in [0.1, 0.15) is 0 Å². The van der Waals surface area contributed by atoms with E-state index in [9.17, 15) is 14.4 Å². The van der Waals surface area contributed by atoms with Crippen molar-refractivity contribution in [2.75, 3.05) is 23.7 Å². The van der Waals surface area contributed by atoms with E-state index in [1.165, 1.54) is 11.3 Å². The highest BCUT2D eigenvalue weighted by molar-refractivity contribution is 7.14. The number of thiazole rings is 1. The molecule has 176 valence electrons. The predicted molar refractivity (Wildman–Crippen MR) is 132 cm³/mol. The Kier molecular flexibility index (Phi) is 7.66. The first-order valence-corrected chi connectivity index (χ1v) is 12.1. The third-order valence-electron chi connectivity index (χ3n) is 5.74. The number of anilines is 2. The van der Waals surface area contributed by atoms with Gasteiger partial charge in [0, 0.05) is 29.7 Å². The maximum atomic E-state index is 12.7. The highest BCUT2D eigenvalue weighted by Gasteiger charge is 2.24. The average Bonchev–Trinajstić information content (AvgIpc) is 3.27. The summed E-state index contributed by atoms with van der Waals surface area (Å²) < 4.78 is 0. The minimum Gasteiger partial charge on any atom is -0.369 e. The highest BCUT2D eigenvalue weighted by Crippen LogP contribution is 2.23. The van der Waals surface area contributed by atoms with Crippen LogP contribution < -0.4 is 16.4 Å². The van der Waals surface area contributed by atoms with Crippen LogP contribution in [-0.2, 0) is 22.6 Å². The van der Waals surface area contributed by atoms with Crippen molar-refractivity contribution in [1.29, 1.82) is 0 Å². The molecule has 1 aliphatic heterocycles. The quantitative estimate of drug-likeness (QED) is 0.460. The van der Waals surface area contributed by atoms with Gasteiger partial charge in [-0.05, 0) is 43.1 Å². The fourth-order valence-corrected chi connectivity index (χ4v) is 4.72. The third kappa shape index (κ3) is 6.27. The summed E-state index contributed by atoms with van der Waals surface area (Å²) in [6.45, 7) is 2.16. The first-order valence-electron chi connectivity index (χ1n) is 11.2. The molecule has 9 heteroatoms. The van der Waals surface area contributed by atoms with Gasteiger partial charge < -0.3 is 11.1 Å². The number of hydrogen-bond donors (Lipinski definition) is 3. The summed E-state index contributed by atoms with van der Waals surface area (Å²) in [5.41, 5.74) is 8.35. The molecule has 0 aliphatic carbocycles. The number of likely N-dealkylation sites (tertiary alicyclic amines) is 1. The zero-order valence-electron chi connectivity index (χ0n) is 18.7. The lowest BCUT2D eigenvalue weighted by Crippen LogP contribution is -2.40. The van der Waals surface area contributed by atoms with Crippen molar-refractivity contribution >= 4 is 39.9 Å². The molecule has 4 N–H and O–H groups in total. The summed E-state index contributed by atoms with van der Waals surface area (Å²) in [5, 5.41) is 7.96. The van der Waals surface area contributed by atoms with Crippen molar-refractivity contribution in [1.82, 2.24) is 9.88 Å². The van der Waals surface area contributed by atoms with E-state index < -0.39 is 0 Å². The minimum atomic E-state index is -0.256. The maximum Gasteiger partial charge on any atom is 0.257 e.